The lowest BCUT2D eigenvalue weighted by Crippen LogP contribution is -2.33. The molecule has 0 amide bonds. The minimum atomic E-state index is -4.74. The lowest BCUT2D eigenvalue weighted by Gasteiger charge is -2.30. The maximum atomic E-state index is 13.4. The van der Waals surface area contributed by atoms with E-state index in [1.165, 1.54) is 12.5 Å². The molecule has 0 aliphatic carbocycles. The number of benzene rings is 1. The number of nitrogens with zero attached hydrogens (tertiary/aromatic N) is 4. The first kappa shape index (κ1) is 20.1. The summed E-state index contributed by atoms with van der Waals surface area (Å²) in [5.41, 5.74) is -0.355. The van der Waals surface area contributed by atoms with Gasteiger partial charge in [0, 0.05) is 12.1 Å². The Kier molecular flexibility index (Phi) is 5.06. The van der Waals surface area contributed by atoms with Gasteiger partial charge in [0.15, 0.2) is 0 Å². The smallest absolute Gasteiger partial charge is 0.363 e. The van der Waals surface area contributed by atoms with Crippen molar-refractivity contribution in [3.05, 3.63) is 68.7 Å². The molecule has 1 aromatic carbocycles. The molecule has 1 aliphatic heterocycles. The summed E-state index contributed by atoms with van der Waals surface area (Å²) in [5.74, 6) is -0.788. The van der Waals surface area contributed by atoms with Crippen LogP contribution in [0.4, 0.5) is 34.8 Å². The number of aromatic nitrogens is 4. The molecule has 2 aromatic heterocycles. The molecule has 4 rings (SSSR count). The number of hydrogen-bond acceptors (Lipinski definition) is 6. The van der Waals surface area contributed by atoms with Crippen molar-refractivity contribution in [1.29, 1.82) is 0 Å². The van der Waals surface area contributed by atoms with E-state index in [-0.39, 0.29) is 23.1 Å². The van der Waals surface area contributed by atoms with Gasteiger partial charge in [-0.1, -0.05) is 11.6 Å². The number of nitrogens with one attached hydrogen (secondary N) is 2. The maximum Gasteiger partial charge on any atom is 0.418 e. The predicted octanol–water partition coefficient (Wildman–Crippen LogP) is 3.68. The van der Waals surface area contributed by atoms with Crippen molar-refractivity contribution in [2.75, 3.05) is 16.8 Å². The second-order valence-corrected chi connectivity index (χ2v) is 6.91. The minimum Gasteiger partial charge on any atom is -0.363 e. The molecular weight excluding hydrogens is 428 g/mol. The monoisotopic (exact) mass is 440 g/mol. The van der Waals surface area contributed by atoms with Crippen LogP contribution in [0.1, 0.15) is 16.8 Å². The van der Waals surface area contributed by atoms with E-state index in [0.29, 0.717) is 36.0 Å². The van der Waals surface area contributed by atoms with Crippen molar-refractivity contribution < 1.29 is 17.6 Å². The Labute approximate surface area is 171 Å². The topological polar surface area (TPSA) is 86.8 Å². The Bertz CT molecular complexity index is 1170. The molecule has 1 aliphatic rings. The molecule has 0 spiro atoms. The van der Waals surface area contributed by atoms with Crippen molar-refractivity contribution in [1.82, 2.24) is 20.2 Å². The fourth-order valence-electron chi connectivity index (χ4n) is 3.25. The van der Waals surface area contributed by atoms with Crippen LogP contribution in [0.3, 0.4) is 0 Å². The minimum absolute atomic E-state index is 0.0121. The molecule has 0 saturated heterocycles. The molecule has 0 fully saturated rings. The van der Waals surface area contributed by atoms with E-state index in [0.717, 1.165) is 12.1 Å². The quantitative estimate of drug-likeness (QED) is 0.604. The Morgan fingerprint density at radius 3 is 2.80 bits per heavy atom. The molecule has 0 saturated carbocycles. The summed E-state index contributed by atoms with van der Waals surface area (Å²) < 4.78 is 53.2. The lowest BCUT2D eigenvalue weighted by molar-refractivity contribution is -0.137. The molecule has 0 unspecified atom stereocenters. The zero-order valence-corrected chi connectivity index (χ0v) is 15.9. The number of fused-ring (bicyclic) bond motifs is 1. The number of rotatable bonds is 3. The van der Waals surface area contributed by atoms with E-state index in [1.807, 2.05) is 0 Å². The van der Waals surface area contributed by atoms with E-state index < -0.39 is 23.1 Å². The van der Waals surface area contributed by atoms with Gasteiger partial charge >= 0.3 is 6.18 Å². The van der Waals surface area contributed by atoms with Crippen molar-refractivity contribution in [2.24, 2.45) is 0 Å². The van der Waals surface area contributed by atoms with Crippen LogP contribution in [0, 0.1) is 5.82 Å². The molecule has 156 valence electrons. The summed E-state index contributed by atoms with van der Waals surface area (Å²) in [4.78, 5) is 21.8. The van der Waals surface area contributed by atoms with Gasteiger partial charge in [-0.15, -0.1) is 0 Å². The van der Waals surface area contributed by atoms with Gasteiger partial charge in [-0.25, -0.2) is 19.5 Å². The number of hydrogen-bond donors (Lipinski definition) is 2. The average molecular weight is 441 g/mol. The van der Waals surface area contributed by atoms with Crippen LogP contribution < -0.4 is 15.8 Å². The first-order chi connectivity index (χ1) is 14.2. The largest absolute Gasteiger partial charge is 0.418 e. The zero-order chi connectivity index (χ0) is 21.5. The average Bonchev–Trinajstić information content (AvgIpc) is 2.70. The van der Waals surface area contributed by atoms with Crippen molar-refractivity contribution in [2.45, 2.75) is 19.1 Å². The van der Waals surface area contributed by atoms with Crippen LogP contribution in [-0.2, 0) is 19.1 Å². The molecular formula is C18H13ClF4N6O. The van der Waals surface area contributed by atoms with Crippen LogP contribution >= 0.6 is 11.6 Å². The first-order valence-electron chi connectivity index (χ1n) is 8.68. The predicted molar refractivity (Wildman–Crippen MR) is 101 cm³/mol. The Hall–Kier alpha value is -3.21. The summed E-state index contributed by atoms with van der Waals surface area (Å²) in [6.45, 7) is 0.669. The molecule has 0 radical (unpaired) electrons. The molecule has 3 aromatic rings. The molecule has 30 heavy (non-hydrogen) atoms. The van der Waals surface area contributed by atoms with Crippen LogP contribution in [0.2, 0.25) is 5.02 Å². The number of alkyl halides is 3. The third-order valence-electron chi connectivity index (χ3n) is 4.66. The van der Waals surface area contributed by atoms with Gasteiger partial charge < -0.3 is 10.2 Å². The summed E-state index contributed by atoms with van der Waals surface area (Å²) in [6, 6.07) is 2.39. The molecule has 0 bridgehead atoms. The van der Waals surface area contributed by atoms with E-state index in [4.69, 9.17) is 11.6 Å². The maximum absolute atomic E-state index is 13.4. The number of H-pyrrole nitrogens is 1. The number of anilines is 3. The number of halogens is 5. The second kappa shape index (κ2) is 7.56. The summed E-state index contributed by atoms with van der Waals surface area (Å²) in [7, 11) is 0. The van der Waals surface area contributed by atoms with E-state index in [9.17, 15) is 22.4 Å². The van der Waals surface area contributed by atoms with Crippen LogP contribution in [-0.4, -0.2) is 26.7 Å². The van der Waals surface area contributed by atoms with Gasteiger partial charge in [0.05, 0.1) is 35.4 Å². The highest BCUT2D eigenvalue weighted by Gasteiger charge is 2.34. The Balaban J connectivity index is 1.66. The van der Waals surface area contributed by atoms with Crippen molar-refractivity contribution in [3.8, 4) is 0 Å². The summed E-state index contributed by atoms with van der Waals surface area (Å²) in [5, 5.41) is 8.63. The molecule has 12 heteroatoms. The van der Waals surface area contributed by atoms with Gasteiger partial charge in [-0.2, -0.15) is 18.3 Å². The molecule has 7 nitrogen and oxygen atoms in total. The highest BCUT2D eigenvalue weighted by atomic mass is 35.5. The molecule has 0 atom stereocenters. The highest BCUT2D eigenvalue weighted by molar-refractivity contribution is 6.33. The van der Waals surface area contributed by atoms with Crippen LogP contribution in [0.5, 0.6) is 0 Å². The Morgan fingerprint density at radius 1 is 1.23 bits per heavy atom. The standard InChI is InChI=1S/C18H13ClF4N6O/c19-15-14(6-26-28-17(15)30)29-4-3-10-13(7-29)24-8-25-16(10)27-12-2-1-9(20)5-11(12)18(21,22)23/h1-2,5-6,8H,3-4,7H2,(H,28,30)(H,24,25,27). The highest BCUT2D eigenvalue weighted by Crippen LogP contribution is 2.37. The van der Waals surface area contributed by atoms with Crippen LogP contribution in [0.25, 0.3) is 0 Å². The van der Waals surface area contributed by atoms with Gasteiger partial charge in [-0.05, 0) is 24.6 Å². The fraction of sp³-hybridized carbons (Fsp3) is 0.222. The Morgan fingerprint density at radius 2 is 2.03 bits per heavy atom. The van der Waals surface area contributed by atoms with Gasteiger partial charge in [-0.3, -0.25) is 4.79 Å². The molecule has 2 N–H and O–H groups in total. The summed E-state index contributed by atoms with van der Waals surface area (Å²) >= 11 is 6.06. The van der Waals surface area contributed by atoms with Crippen molar-refractivity contribution in [3.63, 3.8) is 0 Å². The third kappa shape index (κ3) is 3.80. The third-order valence-corrected chi connectivity index (χ3v) is 5.03. The van der Waals surface area contributed by atoms with E-state index in [1.54, 1.807) is 4.90 Å². The second-order valence-electron chi connectivity index (χ2n) is 6.53. The summed E-state index contributed by atoms with van der Waals surface area (Å²) in [6.07, 6.45) is -1.72. The van der Waals surface area contributed by atoms with E-state index >= 15 is 0 Å². The van der Waals surface area contributed by atoms with Crippen LogP contribution in [0.15, 0.2) is 35.5 Å². The number of aromatic amines is 1. The lowest BCUT2D eigenvalue weighted by atomic mass is 10.0. The van der Waals surface area contributed by atoms with Gasteiger partial charge in [0.25, 0.3) is 5.56 Å². The van der Waals surface area contributed by atoms with E-state index in [2.05, 4.69) is 25.5 Å². The molecule has 3 heterocycles. The zero-order valence-electron chi connectivity index (χ0n) is 15.1. The van der Waals surface area contributed by atoms with Gasteiger partial charge in [0.1, 0.15) is 23.0 Å². The SMILES string of the molecule is O=c1[nH]ncc(N2CCc3c(ncnc3Nc3ccc(F)cc3C(F)(F)F)C2)c1Cl. The van der Waals surface area contributed by atoms with Gasteiger partial charge in [0.2, 0.25) is 0 Å². The normalized spacial score (nSPS) is 13.8. The van der Waals surface area contributed by atoms with Crippen molar-refractivity contribution >= 4 is 28.8 Å². The first-order valence-corrected chi connectivity index (χ1v) is 9.06. The fourth-order valence-corrected chi connectivity index (χ4v) is 3.46.